The van der Waals surface area contributed by atoms with E-state index in [0.717, 1.165) is 63.1 Å². The minimum atomic E-state index is -0.890. The highest BCUT2D eigenvalue weighted by Gasteiger charge is 2.24. The highest BCUT2D eigenvalue weighted by molar-refractivity contribution is 5.93. The van der Waals surface area contributed by atoms with Crippen LogP contribution in [-0.4, -0.2) is 42.9 Å². The largest absolute Gasteiger partial charge is 0.478 e. The van der Waals surface area contributed by atoms with Crippen molar-refractivity contribution in [2.45, 2.75) is 32.1 Å². The Morgan fingerprint density at radius 2 is 2.33 bits per heavy atom. The Bertz CT molecular complexity index is 539. The molecule has 5 nitrogen and oxygen atoms in total. The van der Waals surface area contributed by atoms with Crippen molar-refractivity contribution in [3.63, 3.8) is 0 Å². The summed E-state index contributed by atoms with van der Waals surface area (Å²) in [5, 5.41) is 9.46. The smallest absolute Gasteiger partial charge is 0.339 e. The van der Waals surface area contributed by atoms with E-state index in [-0.39, 0.29) is 0 Å². The first kappa shape index (κ1) is 14.3. The zero-order valence-corrected chi connectivity index (χ0v) is 12.5. The summed E-state index contributed by atoms with van der Waals surface area (Å²) in [4.78, 5) is 18.2. The second kappa shape index (κ2) is 6.02. The van der Waals surface area contributed by atoms with Gasteiger partial charge in [-0.15, -0.1) is 0 Å². The van der Waals surface area contributed by atoms with E-state index >= 15 is 0 Å². The van der Waals surface area contributed by atoms with Gasteiger partial charge in [0.1, 0.15) is 11.4 Å². The molecule has 1 aromatic heterocycles. The van der Waals surface area contributed by atoms with Gasteiger partial charge in [0.2, 0.25) is 0 Å². The average Bonchev–Trinajstić information content (AvgIpc) is 2.94. The number of aromatic nitrogens is 1. The van der Waals surface area contributed by atoms with Gasteiger partial charge in [-0.25, -0.2) is 9.78 Å². The van der Waals surface area contributed by atoms with E-state index in [1.165, 1.54) is 0 Å². The first-order valence-corrected chi connectivity index (χ1v) is 7.70. The molecule has 114 valence electrons. The third-order valence-corrected chi connectivity index (χ3v) is 4.41. The number of rotatable bonds is 4. The molecule has 1 fully saturated rings. The molecular formula is C16H22N2O3. The van der Waals surface area contributed by atoms with Crippen LogP contribution in [-0.2, 0) is 17.6 Å². The first-order valence-electron chi connectivity index (χ1n) is 7.70. The topological polar surface area (TPSA) is 62.7 Å². The fourth-order valence-corrected chi connectivity index (χ4v) is 3.33. The summed E-state index contributed by atoms with van der Waals surface area (Å²) in [6, 6.07) is 1.82. The van der Waals surface area contributed by atoms with Gasteiger partial charge in [0.05, 0.1) is 6.61 Å². The average molecular weight is 290 g/mol. The minimum absolute atomic E-state index is 0.329. The zero-order chi connectivity index (χ0) is 14.8. The molecule has 0 amide bonds. The van der Waals surface area contributed by atoms with Crippen molar-refractivity contribution in [3.8, 4) is 0 Å². The molecule has 5 heteroatoms. The number of carboxylic acid groups (broad SMARTS) is 1. The van der Waals surface area contributed by atoms with Crippen molar-refractivity contribution in [1.29, 1.82) is 0 Å². The van der Waals surface area contributed by atoms with E-state index in [1.807, 2.05) is 18.0 Å². The summed E-state index contributed by atoms with van der Waals surface area (Å²) < 4.78 is 5.51. The van der Waals surface area contributed by atoms with Gasteiger partial charge >= 0.3 is 5.97 Å². The number of anilines is 1. The molecule has 3 rings (SSSR count). The van der Waals surface area contributed by atoms with Crippen LogP contribution in [0.3, 0.4) is 0 Å². The Balaban J connectivity index is 1.83. The lowest BCUT2D eigenvalue weighted by atomic mass is 10.0. The molecule has 1 aliphatic heterocycles. The number of ether oxygens (including phenoxy) is 1. The van der Waals surface area contributed by atoms with Crippen LogP contribution in [0.2, 0.25) is 0 Å². The summed E-state index contributed by atoms with van der Waals surface area (Å²) >= 11 is 0. The van der Waals surface area contributed by atoms with Crippen molar-refractivity contribution in [3.05, 3.63) is 22.9 Å². The predicted molar refractivity (Wildman–Crippen MR) is 80.0 cm³/mol. The van der Waals surface area contributed by atoms with Crippen LogP contribution in [0.15, 0.2) is 6.07 Å². The van der Waals surface area contributed by atoms with E-state index in [0.29, 0.717) is 17.3 Å². The number of pyridine rings is 1. The molecule has 0 saturated carbocycles. The number of aromatic carboxylic acids is 1. The number of nitrogens with zero attached hydrogens (tertiary/aromatic N) is 2. The van der Waals surface area contributed by atoms with Gasteiger partial charge in [-0.2, -0.15) is 0 Å². The lowest BCUT2D eigenvalue weighted by Gasteiger charge is -2.28. The Labute approximate surface area is 124 Å². The van der Waals surface area contributed by atoms with Crippen LogP contribution >= 0.6 is 0 Å². The molecule has 1 aromatic rings. The Hall–Kier alpha value is -1.62. The highest BCUT2D eigenvalue weighted by atomic mass is 16.5. The van der Waals surface area contributed by atoms with Crippen LogP contribution in [0.5, 0.6) is 0 Å². The number of fused-ring (bicyclic) bond motifs is 1. The Kier molecular flexibility index (Phi) is 4.10. The molecule has 1 N–H and O–H groups in total. The van der Waals surface area contributed by atoms with Crippen molar-refractivity contribution < 1.29 is 14.6 Å². The van der Waals surface area contributed by atoms with Crippen molar-refractivity contribution in [1.82, 2.24) is 4.98 Å². The lowest BCUT2D eigenvalue weighted by molar-refractivity contribution is 0.0575. The monoisotopic (exact) mass is 290 g/mol. The van der Waals surface area contributed by atoms with Gasteiger partial charge in [-0.05, 0) is 49.7 Å². The normalized spacial score (nSPS) is 21.1. The van der Waals surface area contributed by atoms with Crippen LogP contribution < -0.4 is 4.90 Å². The maximum absolute atomic E-state index is 11.5. The minimum Gasteiger partial charge on any atom is -0.478 e. The van der Waals surface area contributed by atoms with Crippen LogP contribution in [0, 0.1) is 5.92 Å². The molecule has 1 saturated heterocycles. The molecule has 1 unspecified atom stereocenters. The molecule has 21 heavy (non-hydrogen) atoms. The molecule has 0 radical (unpaired) electrons. The van der Waals surface area contributed by atoms with E-state index in [1.54, 1.807) is 0 Å². The molecule has 1 atom stereocenters. The Morgan fingerprint density at radius 3 is 3.05 bits per heavy atom. The fourth-order valence-electron chi connectivity index (χ4n) is 3.33. The maximum Gasteiger partial charge on any atom is 0.339 e. The highest BCUT2D eigenvalue weighted by Crippen LogP contribution is 2.28. The van der Waals surface area contributed by atoms with Gasteiger partial charge in [0.15, 0.2) is 0 Å². The number of carbonyl (C=O) groups is 1. The van der Waals surface area contributed by atoms with Gasteiger partial charge in [-0.3, -0.25) is 0 Å². The third kappa shape index (κ3) is 3.02. The second-order valence-corrected chi connectivity index (χ2v) is 6.09. The lowest BCUT2D eigenvalue weighted by Crippen LogP contribution is -2.32. The summed E-state index contributed by atoms with van der Waals surface area (Å²) in [5.41, 5.74) is 2.50. The number of hydrogen-bond donors (Lipinski definition) is 1. The molecule has 0 spiro atoms. The quantitative estimate of drug-likeness (QED) is 0.920. The number of hydrogen-bond acceptors (Lipinski definition) is 4. The second-order valence-electron chi connectivity index (χ2n) is 6.09. The molecule has 1 aliphatic carbocycles. The zero-order valence-electron chi connectivity index (χ0n) is 12.5. The first-order chi connectivity index (χ1) is 10.1. The van der Waals surface area contributed by atoms with E-state index < -0.39 is 5.97 Å². The summed E-state index contributed by atoms with van der Waals surface area (Å²) in [6.45, 7) is 2.40. The molecule has 2 heterocycles. The van der Waals surface area contributed by atoms with E-state index in [4.69, 9.17) is 4.74 Å². The van der Waals surface area contributed by atoms with E-state index in [9.17, 15) is 9.90 Å². The van der Waals surface area contributed by atoms with Gasteiger partial charge in [-0.1, -0.05) is 0 Å². The van der Waals surface area contributed by atoms with Gasteiger partial charge in [0.25, 0.3) is 0 Å². The van der Waals surface area contributed by atoms with Crippen LogP contribution in [0.1, 0.15) is 40.9 Å². The Morgan fingerprint density at radius 1 is 1.48 bits per heavy atom. The number of aryl methyl sites for hydroxylation is 2. The maximum atomic E-state index is 11.5. The predicted octanol–water partition coefficient (Wildman–Crippen LogP) is 2.13. The van der Waals surface area contributed by atoms with Gasteiger partial charge < -0.3 is 14.7 Å². The van der Waals surface area contributed by atoms with Crippen LogP contribution in [0.25, 0.3) is 0 Å². The fraction of sp³-hybridized carbons (Fsp3) is 0.625. The van der Waals surface area contributed by atoms with Gasteiger partial charge in [0, 0.05) is 25.9 Å². The molecule has 0 aromatic carbocycles. The van der Waals surface area contributed by atoms with Crippen molar-refractivity contribution in [2.24, 2.45) is 5.92 Å². The summed E-state index contributed by atoms with van der Waals surface area (Å²) in [5.74, 6) is 0.174. The molecular weight excluding hydrogens is 268 g/mol. The molecule has 0 bridgehead atoms. The number of carboxylic acids is 1. The summed E-state index contributed by atoms with van der Waals surface area (Å²) in [6.07, 6.45) is 5.20. The summed E-state index contributed by atoms with van der Waals surface area (Å²) in [7, 11) is 1.94. The van der Waals surface area contributed by atoms with Crippen LogP contribution in [0.4, 0.5) is 5.82 Å². The SMILES string of the molecule is CN(CC1CCCOC1)c1nc2c(cc1C(=O)O)CCC2. The third-order valence-electron chi connectivity index (χ3n) is 4.41. The van der Waals surface area contributed by atoms with Crippen molar-refractivity contribution in [2.75, 3.05) is 31.7 Å². The molecule has 2 aliphatic rings. The standard InChI is InChI=1S/C16H22N2O3/c1-18(9-11-4-3-7-21-10-11)15-13(16(19)20)8-12-5-2-6-14(12)17-15/h8,11H,2-7,9-10H2,1H3,(H,19,20). The van der Waals surface area contributed by atoms with Crippen molar-refractivity contribution >= 4 is 11.8 Å². The van der Waals surface area contributed by atoms with E-state index in [2.05, 4.69) is 4.98 Å².